The third-order valence-electron chi connectivity index (χ3n) is 3.02. The predicted molar refractivity (Wildman–Crippen MR) is 75.3 cm³/mol. The Morgan fingerprint density at radius 2 is 2.05 bits per heavy atom. The second-order valence-corrected chi connectivity index (χ2v) is 4.61. The van der Waals surface area contributed by atoms with E-state index < -0.39 is 12.1 Å². The van der Waals surface area contributed by atoms with E-state index in [1.165, 1.54) is 0 Å². The number of nitrogens with two attached hydrogens (primary N) is 3. The van der Waals surface area contributed by atoms with Crippen LogP contribution in [0.25, 0.3) is 0 Å². The van der Waals surface area contributed by atoms with E-state index in [9.17, 15) is 9.59 Å². The van der Waals surface area contributed by atoms with Crippen LogP contribution in [-0.4, -0.2) is 36.8 Å². The standard InChI is InChI=1S/C12H25N5O2/c1-3-8(2)10(13)11(19)17-9(7-18)5-4-6-16-12(14)15/h7-10H,3-6,13H2,1-2H3,(H,17,19)(H4,14,15,16)/t8-,9-,10-/m0/s1. The lowest BCUT2D eigenvalue weighted by atomic mass is 9.99. The van der Waals surface area contributed by atoms with Crippen molar-refractivity contribution in [3.63, 3.8) is 0 Å². The zero-order valence-electron chi connectivity index (χ0n) is 11.6. The highest BCUT2D eigenvalue weighted by atomic mass is 16.2. The van der Waals surface area contributed by atoms with Crippen LogP contribution < -0.4 is 22.5 Å². The highest BCUT2D eigenvalue weighted by Gasteiger charge is 2.21. The maximum Gasteiger partial charge on any atom is 0.237 e. The molecule has 0 unspecified atom stereocenters. The zero-order valence-corrected chi connectivity index (χ0v) is 11.6. The van der Waals surface area contributed by atoms with E-state index in [0.717, 1.165) is 6.42 Å². The van der Waals surface area contributed by atoms with Crippen molar-refractivity contribution in [2.24, 2.45) is 28.1 Å². The summed E-state index contributed by atoms with van der Waals surface area (Å²) in [5, 5.41) is 2.63. The van der Waals surface area contributed by atoms with Crippen molar-refractivity contribution in [1.29, 1.82) is 0 Å². The Morgan fingerprint density at radius 3 is 2.53 bits per heavy atom. The minimum Gasteiger partial charge on any atom is -0.370 e. The first kappa shape index (κ1) is 17.4. The number of aldehydes is 1. The molecule has 0 heterocycles. The highest BCUT2D eigenvalue weighted by molar-refractivity contribution is 5.84. The smallest absolute Gasteiger partial charge is 0.237 e. The van der Waals surface area contributed by atoms with Gasteiger partial charge in [-0.2, -0.15) is 0 Å². The molecule has 7 heteroatoms. The summed E-state index contributed by atoms with van der Waals surface area (Å²) in [5.41, 5.74) is 16.2. The Bertz CT molecular complexity index is 315. The molecule has 0 saturated heterocycles. The third kappa shape index (κ3) is 7.40. The van der Waals surface area contributed by atoms with Gasteiger partial charge in [0, 0.05) is 6.54 Å². The molecule has 110 valence electrons. The Morgan fingerprint density at radius 1 is 1.42 bits per heavy atom. The Kier molecular flexibility index (Phi) is 8.52. The summed E-state index contributed by atoms with van der Waals surface area (Å²) in [4.78, 5) is 26.5. The van der Waals surface area contributed by atoms with Gasteiger partial charge < -0.3 is 27.3 Å². The van der Waals surface area contributed by atoms with Crippen LogP contribution in [0.5, 0.6) is 0 Å². The van der Waals surface area contributed by atoms with Crippen LogP contribution in [-0.2, 0) is 9.59 Å². The number of aliphatic imine (C=N–C) groups is 1. The Labute approximate surface area is 114 Å². The number of rotatable bonds is 9. The number of amides is 1. The SMILES string of the molecule is CC[C@H](C)[C@H](N)C(=O)N[C@H](C=O)CCCN=C(N)N. The quantitative estimate of drug-likeness (QED) is 0.186. The number of nitrogens with one attached hydrogen (secondary N) is 1. The minimum atomic E-state index is -0.592. The Hall–Kier alpha value is -1.63. The van der Waals surface area contributed by atoms with Crippen LogP contribution in [0.15, 0.2) is 4.99 Å². The first-order valence-corrected chi connectivity index (χ1v) is 6.49. The van der Waals surface area contributed by atoms with Gasteiger partial charge in [-0.15, -0.1) is 0 Å². The Balaban J connectivity index is 4.14. The normalized spacial score (nSPS) is 15.1. The zero-order chi connectivity index (χ0) is 14.8. The number of nitrogens with zero attached hydrogens (tertiary/aromatic N) is 1. The van der Waals surface area contributed by atoms with Gasteiger partial charge in [-0.3, -0.25) is 9.79 Å². The van der Waals surface area contributed by atoms with Gasteiger partial charge in [-0.05, 0) is 18.8 Å². The molecule has 0 aromatic carbocycles. The second-order valence-electron chi connectivity index (χ2n) is 4.61. The van der Waals surface area contributed by atoms with E-state index in [0.29, 0.717) is 25.7 Å². The van der Waals surface area contributed by atoms with Gasteiger partial charge in [0.05, 0.1) is 12.1 Å². The van der Waals surface area contributed by atoms with Crippen LogP contribution in [0.3, 0.4) is 0 Å². The molecule has 0 aliphatic rings. The molecule has 0 aromatic rings. The summed E-state index contributed by atoms with van der Waals surface area (Å²) >= 11 is 0. The fourth-order valence-electron chi connectivity index (χ4n) is 1.48. The van der Waals surface area contributed by atoms with Crippen molar-refractivity contribution in [3.8, 4) is 0 Å². The van der Waals surface area contributed by atoms with Crippen LogP contribution in [0.2, 0.25) is 0 Å². The molecule has 19 heavy (non-hydrogen) atoms. The van der Waals surface area contributed by atoms with Gasteiger partial charge in [-0.25, -0.2) is 0 Å². The van der Waals surface area contributed by atoms with E-state index in [1.54, 1.807) is 0 Å². The van der Waals surface area contributed by atoms with Crippen molar-refractivity contribution in [2.75, 3.05) is 6.54 Å². The monoisotopic (exact) mass is 271 g/mol. The number of carbonyl (C=O) groups excluding carboxylic acids is 2. The van der Waals surface area contributed by atoms with E-state index >= 15 is 0 Å². The van der Waals surface area contributed by atoms with Crippen molar-refractivity contribution in [3.05, 3.63) is 0 Å². The molecule has 1 amide bonds. The molecule has 0 radical (unpaired) electrons. The number of carbonyl (C=O) groups is 2. The molecular weight excluding hydrogens is 246 g/mol. The van der Waals surface area contributed by atoms with Crippen molar-refractivity contribution < 1.29 is 9.59 Å². The number of guanidine groups is 1. The van der Waals surface area contributed by atoms with Crippen LogP contribution >= 0.6 is 0 Å². The van der Waals surface area contributed by atoms with E-state index in [1.807, 2.05) is 13.8 Å². The second kappa shape index (κ2) is 9.32. The highest BCUT2D eigenvalue weighted by Crippen LogP contribution is 2.06. The van der Waals surface area contributed by atoms with E-state index in [4.69, 9.17) is 17.2 Å². The lowest BCUT2D eigenvalue weighted by Crippen LogP contribution is -2.48. The molecule has 0 saturated carbocycles. The minimum absolute atomic E-state index is 0.0190. The lowest BCUT2D eigenvalue weighted by molar-refractivity contribution is -0.126. The van der Waals surface area contributed by atoms with Gasteiger partial charge in [0.25, 0.3) is 0 Å². The maximum atomic E-state index is 11.8. The van der Waals surface area contributed by atoms with Gasteiger partial charge in [0.2, 0.25) is 5.91 Å². The lowest BCUT2D eigenvalue weighted by Gasteiger charge is -2.20. The molecule has 0 fully saturated rings. The molecule has 0 spiro atoms. The summed E-state index contributed by atoms with van der Waals surface area (Å²) in [5.74, 6) is -0.201. The van der Waals surface area contributed by atoms with Gasteiger partial charge in [-0.1, -0.05) is 20.3 Å². The molecule has 7 N–H and O–H groups in total. The molecule has 0 aliphatic heterocycles. The molecular formula is C12H25N5O2. The van der Waals surface area contributed by atoms with Gasteiger partial charge in [0.1, 0.15) is 6.29 Å². The van der Waals surface area contributed by atoms with E-state index in [2.05, 4.69) is 10.3 Å². The summed E-state index contributed by atoms with van der Waals surface area (Å²) in [7, 11) is 0. The van der Waals surface area contributed by atoms with Crippen molar-refractivity contribution >= 4 is 18.2 Å². The number of hydrogen-bond acceptors (Lipinski definition) is 4. The first-order valence-electron chi connectivity index (χ1n) is 6.49. The van der Waals surface area contributed by atoms with E-state index in [-0.39, 0.29) is 17.8 Å². The summed E-state index contributed by atoms with van der Waals surface area (Å²) in [6, 6.07) is -1.14. The number of hydrogen-bond donors (Lipinski definition) is 4. The van der Waals surface area contributed by atoms with Crippen molar-refractivity contribution in [1.82, 2.24) is 5.32 Å². The van der Waals surface area contributed by atoms with Crippen molar-refractivity contribution in [2.45, 2.75) is 45.2 Å². The topological polar surface area (TPSA) is 137 Å². The van der Waals surface area contributed by atoms with Crippen LogP contribution in [0, 0.1) is 5.92 Å². The largest absolute Gasteiger partial charge is 0.370 e. The molecule has 0 rings (SSSR count). The first-order chi connectivity index (χ1) is 8.92. The fraction of sp³-hybridized carbons (Fsp3) is 0.750. The fourth-order valence-corrected chi connectivity index (χ4v) is 1.48. The average Bonchev–Trinajstić information content (AvgIpc) is 2.39. The van der Waals surface area contributed by atoms with Crippen LogP contribution in [0.1, 0.15) is 33.1 Å². The maximum absolute atomic E-state index is 11.8. The summed E-state index contributed by atoms with van der Waals surface area (Å²) in [6.45, 7) is 4.29. The summed E-state index contributed by atoms with van der Waals surface area (Å²) < 4.78 is 0. The predicted octanol–water partition coefficient (Wildman–Crippen LogP) is -0.903. The van der Waals surface area contributed by atoms with Gasteiger partial charge >= 0.3 is 0 Å². The molecule has 0 aromatic heterocycles. The third-order valence-corrected chi connectivity index (χ3v) is 3.02. The molecule has 7 nitrogen and oxygen atoms in total. The molecule has 0 bridgehead atoms. The van der Waals surface area contributed by atoms with Crippen LogP contribution in [0.4, 0.5) is 0 Å². The summed E-state index contributed by atoms with van der Waals surface area (Å²) in [6.07, 6.45) is 2.61. The van der Waals surface area contributed by atoms with Gasteiger partial charge in [0.15, 0.2) is 5.96 Å². The molecule has 0 aliphatic carbocycles. The molecule has 3 atom stereocenters. The average molecular weight is 271 g/mol.